The third-order valence-electron chi connectivity index (χ3n) is 5.49. The van der Waals surface area contributed by atoms with Crippen molar-refractivity contribution in [1.82, 2.24) is 9.88 Å². The van der Waals surface area contributed by atoms with E-state index < -0.39 is 0 Å². The van der Waals surface area contributed by atoms with Gasteiger partial charge in [-0.15, -0.1) is 0 Å². The number of rotatable bonds is 10. The molecule has 5 nitrogen and oxygen atoms in total. The van der Waals surface area contributed by atoms with E-state index in [2.05, 4.69) is 16.0 Å². The van der Waals surface area contributed by atoms with Crippen molar-refractivity contribution in [3.63, 3.8) is 0 Å². The Kier molecular flexibility index (Phi) is 7.91. The topological polar surface area (TPSA) is 43.8 Å². The minimum absolute atomic E-state index is 0.453. The molecule has 0 amide bonds. The van der Waals surface area contributed by atoms with Crippen molar-refractivity contribution in [1.29, 1.82) is 0 Å². The zero-order chi connectivity index (χ0) is 21.1. The Morgan fingerprint density at radius 1 is 0.839 bits per heavy atom. The quantitative estimate of drug-likeness (QED) is 0.407. The van der Waals surface area contributed by atoms with Crippen LogP contribution in [0.1, 0.15) is 30.9 Å². The Labute approximate surface area is 184 Å². The van der Waals surface area contributed by atoms with Crippen molar-refractivity contribution in [3.8, 4) is 17.2 Å². The molecule has 1 atom stereocenters. The molecule has 1 saturated heterocycles. The molecule has 0 N–H and O–H groups in total. The van der Waals surface area contributed by atoms with Crippen LogP contribution in [-0.2, 0) is 4.74 Å². The Balaban J connectivity index is 1.17. The van der Waals surface area contributed by atoms with Crippen LogP contribution in [0.4, 0.5) is 0 Å². The molecule has 1 aromatic heterocycles. The average Bonchev–Trinajstić information content (AvgIpc) is 2.83. The normalized spacial score (nSPS) is 16.7. The third-order valence-corrected chi connectivity index (χ3v) is 5.49. The molecule has 0 aliphatic carbocycles. The molecule has 1 aliphatic heterocycles. The first-order chi connectivity index (χ1) is 15.4. The highest BCUT2D eigenvalue weighted by Crippen LogP contribution is 2.30. The standard InChI is InChI=1S/C26H30N2O3/c1-2-9-23(10-3-1)31-25-12-6-11-24(20-25)30-19-18-29-17-16-28-15-5-4-13-26(28)22-8-7-14-27-21-22/h1-3,6-12,14,20-21,26H,4-5,13,15-19H2/t26-/m1/s1. The van der Waals surface area contributed by atoms with Gasteiger partial charge >= 0.3 is 0 Å². The Morgan fingerprint density at radius 3 is 2.58 bits per heavy atom. The smallest absolute Gasteiger partial charge is 0.131 e. The fraction of sp³-hybridized carbons (Fsp3) is 0.346. The van der Waals surface area contributed by atoms with E-state index in [4.69, 9.17) is 14.2 Å². The third kappa shape index (κ3) is 6.54. The molecule has 0 radical (unpaired) electrons. The molecule has 0 spiro atoms. The van der Waals surface area contributed by atoms with Gasteiger partial charge in [0.25, 0.3) is 0 Å². The first-order valence-electron chi connectivity index (χ1n) is 11.1. The van der Waals surface area contributed by atoms with Gasteiger partial charge in [0.1, 0.15) is 23.9 Å². The summed E-state index contributed by atoms with van der Waals surface area (Å²) in [4.78, 5) is 6.81. The highest BCUT2D eigenvalue weighted by Gasteiger charge is 2.23. The van der Waals surface area contributed by atoms with Crippen LogP contribution in [-0.4, -0.2) is 42.8 Å². The zero-order valence-electron chi connectivity index (χ0n) is 17.9. The number of pyridine rings is 1. The molecular formula is C26H30N2O3. The highest BCUT2D eigenvalue weighted by atomic mass is 16.5. The first kappa shape index (κ1) is 21.3. The summed E-state index contributed by atoms with van der Waals surface area (Å²) in [6.07, 6.45) is 7.55. The minimum atomic E-state index is 0.453. The van der Waals surface area contributed by atoms with Crippen molar-refractivity contribution in [2.24, 2.45) is 0 Å². The van der Waals surface area contributed by atoms with Gasteiger partial charge in [0.2, 0.25) is 0 Å². The van der Waals surface area contributed by atoms with E-state index in [1.165, 1.54) is 24.8 Å². The summed E-state index contributed by atoms with van der Waals surface area (Å²) in [7, 11) is 0. The van der Waals surface area contributed by atoms with E-state index in [1.54, 1.807) is 0 Å². The maximum absolute atomic E-state index is 5.86. The number of para-hydroxylation sites is 1. The van der Waals surface area contributed by atoms with Crippen LogP contribution in [0.25, 0.3) is 0 Å². The summed E-state index contributed by atoms with van der Waals surface area (Å²) in [5.41, 5.74) is 1.31. The summed E-state index contributed by atoms with van der Waals surface area (Å²) >= 11 is 0. The summed E-state index contributed by atoms with van der Waals surface area (Å²) in [5, 5.41) is 0. The van der Waals surface area contributed by atoms with Gasteiger partial charge in [0.05, 0.1) is 13.2 Å². The summed E-state index contributed by atoms with van der Waals surface area (Å²) < 4.78 is 17.6. The first-order valence-corrected chi connectivity index (χ1v) is 11.1. The van der Waals surface area contributed by atoms with Crippen molar-refractivity contribution in [3.05, 3.63) is 84.7 Å². The maximum atomic E-state index is 5.86. The van der Waals surface area contributed by atoms with Gasteiger partial charge in [-0.3, -0.25) is 9.88 Å². The summed E-state index contributed by atoms with van der Waals surface area (Å²) in [6.45, 7) is 3.83. The second-order valence-corrected chi connectivity index (χ2v) is 7.68. The second kappa shape index (κ2) is 11.5. The van der Waals surface area contributed by atoms with Gasteiger partial charge in [-0.25, -0.2) is 0 Å². The maximum Gasteiger partial charge on any atom is 0.131 e. The van der Waals surface area contributed by atoms with Crippen LogP contribution in [0.2, 0.25) is 0 Å². The van der Waals surface area contributed by atoms with Crippen LogP contribution in [0.5, 0.6) is 17.2 Å². The fourth-order valence-corrected chi connectivity index (χ4v) is 3.96. The minimum Gasteiger partial charge on any atom is -0.491 e. The molecule has 31 heavy (non-hydrogen) atoms. The molecule has 1 aliphatic rings. The number of piperidine rings is 1. The lowest BCUT2D eigenvalue weighted by molar-refractivity contribution is 0.0571. The van der Waals surface area contributed by atoms with Crippen LogP contribution in [0.3, 0.4) is 0 Å². The van der Waals surface area contributed by atoms with Crippen LogP contribution in [0, 0.1) is 0 Å². The van der Waals surface area contributed by atoms with Crippen LogP contribution >= 0.6 is 0 Å². The van der Waals surface area contributed by atoms with E-state index in [9.17, 15) is 0 Å². The number of nitrogens with zero attached hydrogens (tertiary/aromatic N) is 2. The molecule has 0 saturated carbocycles. The highest BCUT2D eigenvalue weighted by molar-refractivity contribution is 5.36. The van der Waals surface area contributed by atoms with E-state index in [-0.39, 0.29) is 0 Å². The molecule has 2 heterocycles. The van der Waals surface area contributed by atoms with Gasteiger partial charge in [-0.05, 0) is 55.3 Å². The molecule has 5 heteroatoms. The van der Waals surface area contributed by atoms with Crippen molar-refractivity contribution in [2.75, 3.05) is 32.9 Å². The zero-order valence-corrected chi connectivity index (χ0v) is 17.9. The average molecular weight is 419 g/mol. The predicted molar refractivity (Wildman–Crippen MR) is 122 cm³/mol. The van der Waals surface area contributed by atoms with Crippen molar-refractivity contribution < 1.29 is 14.2 Å². The Bertz CT molecular complexity index is 905. The van der Waals surface area contributed by atoms with Gasteiger partial charge in [-0.1, -0.05) is 36.8 Å². The predicted octanol–water partition coefficient (Wildman–Crippen LogP) is 5.50. The lowest BCUT2D eigenvalue weighted by Gasteiger charge is -2.35. The van der Waals surface area contributed by atoms with E-state index in [0.717, 1.165) is 30.3 Å². The lowest BCUT2D eigenvalue weighted by atomic mass is 9.96. The molecule has 0 unspecified atom stereocenters. The Morgan fingerprint density at radius 2 is 1.71 bits per heavy atom. The SMILES string of the molecule is c1ccc(Oc2cccc(OCCOCCN3CCCC[C@@H]3c3cccnc3)c2)cc1. The number of hydrogen-bond acceptors (Lipinski definition) is 5. The molecule has 3 aromatic rings. The van der Waals surface area contributed by atoms with Gasteiger partial charge in [-0.2, -0.15) is 0 Å². The van der Waals surface area contributed by atoms with Gasteiger partial charge in [0, 0.05) is 31.0 Å². The molecule has 2 aromatic carbocycles. The monoisotopic (exact) mass is 418 g/mol. The van der Waals surface area contributed by atoms with Crippen molar-refractivity contribution >= 4 is 0 Å². The number of likely N-dealkylation sites (tertiary alicyclic amines) is 1. The van der Waals surface area contributed by atoms with Gasteiger partial charge in [0.15, 0.2) is 0 Å². The second-order valence-electron chi connectivity index (χ2n) is 7.68. The molecule has 4 rings (SSSR count). The largest absolute Gasteiger partial charge is 0.491 e. The van der Waals surface area contributed by atoms with E-state index in [0.29, 0.717) is 25.9 Å². The molecule has 1 fully saturated rings. The van der Waals surface area contributed by atoms with E-state index >= 15 is 0 Å². The molecule has 162 valence electrons. The molecule has 0 bridgehead atoms. The number of hydrogen-bond donors (Lipinski definition) is 0. The summed E-state index contributed by atoms with van der Waals surface area (Å²) in [6, 6.07) is 22.1. The number of ether oxygens (including phenoxy) is 3. The van der Waals surface area contributed by atoms with Crippen LogP contribution < -0.4 is 9.47 Å². The van der Waals surface area contributed by atoms with Gasteiger partial charge < -0.3 is 14.2 Å². The van der Waals surface area contributed by atoms with Crippen LogP contribution in [0.15, 0.2) is 79.1 Å². The Hall–Kier alpha value is -2.89. The number of benzene rings is 2. The molecular weight excluding hydrogens is 388 g/mol. The fourth-order valence-electron chi connectivity index (χ4n) is 3.96. The summed E-state index contributed by atoms with van der Waals surface area (Å²) in [5.74, 6) is 2.35. The van der Waals surface area contributed by atoms with E-state index in [1.807, 2.05) is 73.1 Å². The number of aromatic nitrogens is 1. The lowest BCUT2D eigenvalue weighted by Crippen LogP contribution is -2.36. The van der Waals surface area contributed by atoms with Crippen molar-refractivity contribution in [2.45, 2.75) is 25.3 Å².